The number of ether oxygens (including phenoxy) is 1. The second-order valence-corrected chi connectivity index (χ2v) is 5.64. The van der Waals surface area contributed by atoms with E-state index in [-0.39, 0.29) is 11.5 Å². The fraction of sp³-hybridized carbons (Fsp3) is 0.143. The summed E-state index contributed by atoms with van der Waals surface area (Å²) in [5.41, 5.74) is 1.97. The zero-order valence-corrected chi connectivity index (χ0v) is 11.4. The van der Waals surface area contributed by atoms with Crippen molar-refractivity contribution in [2.75, 3.05) is 7.11 Å². The van der Waals surface area contributed by atoms with Gasteiger partial charge in [0.1, 0.15) is 0 Å². The number of methoxy groups -OCH3 is 1. The molecule has 2 aromatic carbocycles. The molecule has 100 valence electrons. The average Bonchev–Trinajstić information content (AvgIpc) is 2.38. The highest BCUT2D eigenvalue weighted by atomic mass is 32.2. The number of hydrogen-bond donors (Lipinski definition) is 1. The minimum Gasteiger partial charge on any atom is -0.380 e. The highest BCUT2D eigenvalue weighted by molar-refractivity contribution is 7.89. The van der Waals surface area contributed by atoms with E-state index in [1.807, 2.05) is 30.3 Å². The van der Waals surface area contributed by atoms with Gasteiger partial charge in [-0.1, -0.05) is 48.5 Å². The first-order valence-electron chi connectivity index (χ1n) is 5.73. The minimum absolute atomic E-state index is 0.128. The molecule has 0 atom stereocenters. The summed E-state index contributed by atoms with van der Waals surface area (Å²) in [6.45, 7) is 0.201. The molecule has 0 aliphatic rings. The predicted octanol–water partition coefficient (Wildman–Crippen LogP) is 2.15. The SMILES string of the molecule is COCc1cccc(-c2ccccc2)c1S(N)(=O)=O. The molecule has 0 spiro atoms. The van der Waals surface area contributed by atoms with Crippen LogP contribution in [0.5, 0.6) is 0 Å². The van der Waals surface area contributed by atoms with Crippen molar-refractivity contribution in [3.63, 3.8) is 0 Å². The summed E-state index contributed by atoms with van der Waals surface area (Å²) in [6, 6.07) is 14.5. The van der Waals surface area contributed by atoms with Crippen LogP contribution in [0.4, 0.5) is 0 Å². The molecule has 0 saturated heterocycles. The van der Waals surface area contributed by atoms with Crippen LogP contribution >= 0.6 is 0 Å². The van der Waals surface area contributed by atoms with Crippen LogP contribution in [0.1, 0.15) is 5.56 Å². The second kappa shape index (κ2) is 5.52. The molecule has 4 nitrogen and oxygen atoms in total. The number of hydrogen-bond acceptors (Lipinski definition) is 3. The van der Waals surface area contributed by atoms with Gasteiger partial charge in [-0.2, -0.15) is 0 Å². The largest absolute Gasteiger partial charge is 0.380 e. The first kappa shape index (κ1) is 13.7. The molecule has 0 amide bonds. The zero-order chi connectivity index (χ0) is 13.9. The highest BCUT2D eigenvalue weighted by Crippen LogP contribution is 2.29. The molecular weight excluding hydrogens is 262 g/mol. The number of primary sulfonamides is 1. The van der Waals surface area contributed by atoms with Crippen LogP contribution in [-0.4, -0.2) is 15.5 Å². The van der Waals surface area contributed by atoms with E-state index in [4.69, 9.17) is 9.88 Å². The smallest absolute Gasteiger partial charge is 0.239 e. The Hall–Kier alpha value is -1.69. The van der Waals surface area contributed by atoms with Crippen molar-refractivity contribution in [2.45, 2.75) is 11.5 Å². The van der Waals surface area contributed by atoms with E-state index < -0.39 is 10.0 Å². The average molecular weight is 277 g/mol. The van der Waals surface area contributed by atoms with E-state index in [9.17, 15) is 8.42 Å². The number of benzene rings is 2. The summed E-state index contributed by atoms with van der Waals surface area (Å²) in [7, 11) is -2.30. The molecule has 0 bridgehead atoms. The van der Waals surface area contributed by atoms with E-state index in [1.165, 1.54) is 7.11 Å². The van der Waals surface area contributed by atoms with Crippen molar-refractivity contribution < 1.29 is 13.2 Å². The van der Waals surface area contributed by atoms with Crippen molar-refractivity contribution in [3.05, 3.63) is 54.1 Å². The van der Waals surface area contributed by atoms with Gasteiger partial charge in [-0.05, 0) is 11.1 Å². The monoisotopic (exact) mass is 277 g/mol. The Bertz CT molecular complexity index is 666. The van der Waals surface area contributed by atoms with Crippen molar-refractivity contribution in [1.29, 1.82) is 0 Å². The molecule has 0 radical (unpaired) electrons. The van der Waals surface area contributed by atoms with Gasteiger partial charge in [0.15, 0.2) is 0 Å². The molecule has 0 aliphatic heterocycles. The van der Waals surface area contributed by atoms with Crippen molar-refractivity contribution in [2.24, 2.45) is 5.14 Å². The van der Waals surface area contributed by atoms with Gasteiger partial charge in [-0.15, -0.1) is 0 Å². The Balaban J connectivity index is 2.71. The Labute approximate surface area is 112 Å². The van der Waals surface area contributed by atoms with Gasteiger partial charge < -0.3 is 4.74 Å². The lowest BCUT2D eigenvalue weighted by Crippen LogP contribution is -2.16. The van der Waals surface area contributed by atoms with E-state index in [0.717, 1.165) is 5.56 Å². The lowest BCUT2D eigenvalue weighted by Gasteiger charge is -2.12. The van der Waals surface area contributed by atoms with Gasteiger partial charge in [0, 0.05) is 12.7 Å². The quantitative estimate of drug-likeness (QED) is 0.931. The first-order valence-corrected chi connectivity index (χ1v) is 7.27. The molecule has 5 heteroatoms. The topological polar surface area (TPSA) is 69.4 Å². The lowest BCUT2D eigenvalue weighted by atomic mass is 10.0. The van der Waals surface area contributed by atoms with E-state index in [2.05, 4.69) is 0 Å². The van der Waals surface area contributed by atoms with Crippen LogP contribution in [-0.2, 0) is 21.4 Å². The maximum atomic E-state index is 11.8. The van der Waals surface area contributed by atoms with Gasteiger partial charge in [-0.25, -0.2) is 13.6 Å². The van der Waals surface area contributed by atoms with E-state index in [0.29, 0.717) is 11.1 Å². The third-order valence-electron chi connectivity index (χ3n) is 2.77. The molecular formula is C14H15NO3S. The molecule has 0 aliphatic carbocycles. The molecule has 19 heavy (non-hydrogen) atoms. The van der Waals surface area contributed by atoms with Gasteiger partial charge >= 0.3 is 0 Å². The molecule has 0 unspecified atom stereocenters. The van der Waals surface area contributed by atoms with Crippen LogP contribution in [0.25, 0.3) is 11.1 Å². The van der Waals surface area contributed by atoms with E-state index in [1.54, 1.807) is 18.2 Å². The molecule has 0 saturated carbocycles. The highest BCUT2D eigenvalue weighted by Gasteiger charge is 2.19. The van der Waals surface area contributed by atoms with Gasteiger partial charge in [0.2, 0.25) is 10.0 Å². The van der Waals surface area contributed by atoms with Crippen LogP contribution < -0.4 is 5.14 Å². The number of nitrogens with two attached hydrogens (primary N) is 1. The fourth-order valence-corrected chi connectivity index (χ4v) is 3.02. The molecule has 0 fully saturated rings. The normalized spacial score (nSPS) is 11.5. The Morgan fingerprint density at radius 1 is 1.05 bits per heavy atom. The summed E-state index contributed by atoms with van der Waals surface area (Å²) in [4.78, 5) is 0.128. The molecule has 2 N–H and O–H groups in total. The molecule has 0 heterocycles. The van der Waals surface area contributed by atoms with Crippen LogP contribution in [0.15, 0.2) is 53.4 Å². The van der Waals surface area contributed by atoms with Gasteiger partial charge in [0.25, 0.3) is 0 Å². The Kier molecular flexibility index (Phi) is 3.99. The lowest BCUT2D eigenvalue weighted by molar-refractivity contribution is 0.183. The maximum Gasteiger partial charge on any atom is 0.239 e. The third-order valence-corrected chi connectivity index (χ3v) is 3.82. The van der Waals surface area contributed by atoms with Crippen molar-refractivity contribution in [3.8, 4) is 11.1 Å². The summed E-state index contributed by atoms with van der Waals surface area (Å²) < 4.78 is 28.7. The van der Waals surface area contributed by atoms with Crippen LogP contribution in [0.2, 0.25) is 0 Å². The summed E-state index contributed by atoms with van der Waals surface area (Å²) >= 11 is 0. The fourth-order valence-electron chi connectivity index (χ4n) is 2.04. The van der Waals surface area contributed by atoms with Crippen molar-refractivity contribution in [1.82, 2.24) is 0 Å². The minimum atomic E-state index is -3.81. The summed E-state index contributed by atoms with van der Waals surface area (Å²) in [6.07, 6.45) is 0. The predicted molar refractivity (Wildman–Crippen MR) is 74.0 cm³/mol. The van der Waals surface area contributed by atoms with E-state index >= 15 is 0 Å². The first-order chi connectivity index (χ1) is 9.04. The number of sulfonamides is 1. The molecule has 2 rings (SSSR count). The molecule has 0 aromatic heterocycles. The van der Waals surface area contributed by atoms with Gasteiger partial charge in [-0.3, -0.25) is 0 Å². The zero-order valence-electron chi connectivity index (χ0n) is 10.5. The number of rotatable bonds is 4. The summed E-state index contributed by atoms with van der Waals surface area (Å²) in [5.74, 6) is 0. The molecule has 2 aromatic rings. The van der Waals surface area contributed by atoms with Crippen molar-refractivity contribution >= 4 is 10.0 Å². The Morgan fingerprint density at radius 3 is 2.32 bits per heavy atom. The standard InChI is InChI=1S/C14H15NO3S/c1-18-10-12-8-5-9-13(14(12)19(15,16)17)11-6-3-2-4-7-11/h2-9H,10H2,1H3,(H2,15,16,17). The maximum absolute atomic E-state index is 11.8. The summed E-state index contributed by atoms with van der Waals surface area (Å²) in [5, 5.41) is 5.34. The Morgan fingerprint density at radius 2 is 1.74 bits per heavy atom. The van der Waals surface area contributed by atoms with Crippen LogP contribution in [0.3, 0.4) is 0 Å². The second-order valence-electron chi connectivity index (χ2n) is 4.14. The van der Waals surface area contributed by atoms with Crippen LogP contribution in [0, 0.1) is 0 Å². The third kappa shape index (κ3) is 3.01. The van der Waals surface area contributed by atoms with Gasteiger partial charge in [0.05, 0.1) is 11.5 Å².